The maximum absolute atomic E-state index is 9.35. The Morgan fingerprint density at radius 1 is 1.06 bits per heavy atom. The number of aliphatic hydroxyl groups is 1. The minimum absolute atomic E-state index is 0.282. The summed E-state index contributed by atoms with van der Waals surface area (Å²) in [6, 6.07) is 0. The van der Waals surface area contributed by atoms with Gasteiger partial charge >= 0.3 is 0 Å². The van der Waals surface area contributed by atoms with Gasteiger partial charge in [0, 0.05) is 6.61 Å². The first kappa shape index (κ1) is 11.1. The maximum Gasteiger partial charge on any atom is 0.0487 e. The van der Waals surface area contributed by atoms with Crippen molar-refractivity contribution in [3.8, 4) is 0 Å². The van der Waals surface area contributed by atoms with E-state index in [9.17, 15) is 5.11 Å². The fourth-order valence-corrected chi connectivity index (χ4v) is 4.49. The molecule has 0 aromatic rings. The Morgan fingerprint density at radius 3 is 2.19 bits per heavy atom. The van der Waals surface area contributed by atoms with Crippen LogP contribution in [0.2, 0.25) is 0 Å². The van der Waals surface area contributed by atoms with Crippen LogP contribution in [0.1, 0.15) is 53.4 Å². The summed E-state index contributed by atoms with van der Waals surface area (Å²) < 4.78 is 0. The zero-order valence-electron chi connectivity index (χ0n) is 11.2. The summed E-state index contributed by atoms with van der Waals surface area (Å²) in [5.74, 6) is 2.74. The van der Waals surface area contributed by atoms with Crippen molar-refractivity contribution in [3.63, 3.8) is 0 Å². The first-order valence-electron chi connectivity index (χ1n) is 6.94. The Kier molecular flexibility index (Phi) is 1.98. The standard InChI is InChI=1S/C15H26O/c1-13(2)10(6-12-8-15(12,13)4)5-11-7-14(11,3)9-16/h10-12,16H,5-9H2,1-4H3/t10-,11?,12?,14?,15-/m0/s1. The molecule has 3 unspecified atom stereocenters. The van der Waals surface area contributed by atoms with Crippen LogP contribution in [0.15, 0.2) is 0 Å². The fraction of sp³-hybridized carbons (Fsp3) is 1.00. The molecule has 3 aliphatic rings. The lowest BCUT2D eigenvalue weighted by atomic mass is 9.69. The molecule has 0 heterocycles. The molecule has 0 bridgehead atoms. The molecule has 3 aliphatic carbocycles. The average Bonchev–Trinajstić information content (AvgIpc) is 3.03. The monoisotopic (exact) mass is 222 g/mol. The van der Waals surface area contributed by atoms with Crippen molar-refractivity contribution in [2.75, 3.05) is 6.61 Å². The van der Waals surface area contributed by atoms with Crippen LogP contribution in [0.5, 0.6) is 0 Å². The van der Waals surface area contributed by atoms with E-state index in [1.54, 1.807) is 0 Å². The van der Waals surface area contributed by atoms with Gasteiger partial charge in [-0.3, -0.25) is 0 Å². The van der Waals surface area contributed by atoms with E-state index in [-0.39, 0.29) is 5.41 Å². The van der Waals surface area contributed by atoms with Crippen molar-refractivity contribution in [1.29, 1.82) is 0 Å². The topological polar surface area (TPSA) is 20.2 Å². The van der Waals surface area contributed by atoms with Crippen LogP contribution in [0, 0.1) is 34.0 Å². The number of rotatable bonds is 3. The predicted octanol–water partition coefficient (Wildman–Crippen LogP) is 3.47. The summed E-state index contributed by atoms with van der Waals surface area (Å²) in [5.41, 5.74) is 1.47. The fourth-order valence-electron chi connectivity index (χ4n) is 4.49. The molecule has 1 nitrogen and oxygen atoms in total. The second-order valence-corrected chi connectivity index (χ2v) is 7.92. The molecule has 0 aromatic carbocycles. The molecule has 0 radical (unpaired) electrons. The van der Waals surface area contributed by atoms with Crippen LogP contribution >= 0.6 is 0 Å². The molecule has 0 aliphatic heterocycles. The lowest BCUT2D eigenvalue weighted by Crippen LogP contribution is -2.28. The number of aliphatic hydroxyl groups excluding tert-OH is 1. The highest BCUT2D eigenvalue weighted by atomic mass is 16.3. The van der Waals surface area contributed by atoms with Crippen LogP contribution in [0.4, 0.5) is 0 Å². The average molecular weight is 222 g/mol. The number of hydrogen-bond acceptors (Lipinski definition) is 1. The van der Waals surface area contributed by atoms with E-state index in [1.807, 2.05) is 0 Å². The SMILES string of the molecule is CC1(CO)CC1C[C@H]1CC2C[C@]2(C)C1(C)C. The highest BCUT2D eigenvalue weighted by Crippen LogP contribution is 2.75. The molecule has 3 fully saturated rings. The van der Waals surface area contributed by atoms with Crippen LogP contribution in [-0.2, 0) is 0 Å². The Balaban J connectivity index is 1.66. The van der Waals surface area contributed by atoms with Crippen molar-refractivity contribution >= 4 is 0 Å². The van der Waals surface area contributed by atoms with E-state index in [2.05, 4.69) is 27.7 Å². The molecular weight excluding hydrogens is 196 g/mol. The van der Waals surface area contributed by atoms with Gasteiger partial charge in [0.25, 0.3) is 0 Å². The third-order valence-electron chi connectivity index (χ3n) is 6.94. The molecule has 1 heteroatoms. The molecule has 1 N–H and O–H groups in total. The minimum atomic E-state index is 0.282. The third kappa shape index (κ3) is 1.21. The zero-order chi connectivity index (χ0) is 11.8. The zero-order valence-corrected chi connectivity index (χ0v) is 11.2. The van der Waals surface area contributed by atoms with Gasteiger partial charge in [0.2, 0.25) is 0 Å². The summed E-state index contributed by atoms with van der Waals surface area (Å²) in [5, 5.41) is 9.35. The van der Waals surface area contributed by atoms with Crippen molar-refractivity contribution in [2.45, 2.75) is 53.4 Å². The van der Waals surface area contributed by atoms with E-state index in [0.29, 0.717) is 17.4 Å². The largest absolute Gasteiger partial charge is 0.396 e. The maximum atomic E-state index is 9.35. The van der Waals surface area contributed by atoms with Crippen molar-refractivity contribution < 1.29 is 5.11 Å². The quantitative estimate of drug-likeness (QED) is 0.775. The molecule has 92 valence electrons. The molecule has 0 saturated heterocycles. The predicted molar refractivity (Wildman–Crippen MR) is 66.0 cm³/mol. The molecule has 16 heavy (non-hydrogen) atoms. The molecule has 0 spiro atoms. The van der Waals surface area contributed by atoms with E-state index in [4.69, 9.17) is 0 Å². The lowest BCUT2D eigenvalue weighted by molar-refractivity contribution is 0.126. The summed E-state index contributed by atoms with van der Waals surface area (Å²) in [6.45, 7) is 10.1. The van der Waals surface area contributed by atoms with Crippen molar-refractivity contribution in [2.24, 2.45) is 34.0 Å². The van der Waals surface area contributed by atoms with Gasteiger partial charge in [-0.25, -0.2) is 0 Å². The number of hydrogen-bond donors (Lipinski definition) is 1. The van der Waals surface area contributed by atoms with Crippen LogP contribution in [0.3, 0.4) is 0 Å². The van der Waals surface area contributed by atoms with Crippen molar-refractivity contribution in [1.82, 2.24) is 0 Å². The second-order valence-electron chi connectivity index (χ2n) is 7.92. The summed E-state index contributed by atoms with van der Waals surface area (Å²) in [4.78, 5) is 0. The van der Waals surface area contributed by atoms with E-state index < -0.39 is 0 Å². The molecule has 3 rings (SSSR count). The molecule has 0 aromatic heterocycles. The van der Waals surface area contributed by atoms with E-state index in [1.165, 1.54) is 25.7 Å². The normalized spacial score (nSPS) is 57.2. The van der Waals surface area contributed by atoms with Crippen LogP contribution in [-0.4, -0.2) is 11.7 Å². The minimum Gasteiger partial charge on any atom is -0.396 e. The molecule has 3 saturated carbocycles. The summed E-state index contributed by atoms with van der Waals surface area (Å²) in [7, 11) is 0. The molecular formula is C15H26O. The van der Waals surface area contributed by atoms with Gasteiger partial charge < -0.3 is 5.11 Å². The second kappa shape index (κ2) is 2.85. The van der Waals surface area contributed by atoms with Gasteiger partial charge in [0.15, 0.2) is 0 Å². The van der Waals surface area contributed by atoms with Gasteiger partial charge in [0.1, 0.15) is 0 Å². The Labute approximate surface area is 99.6 Å². The third-order valence-corrected chi connectivity index (χ3v) is 6.94. The van der Waals surface area contributed by atoms with Gasteiger partial charge in [-0.1, -0.05) is 27.7 Å². The van der Waals surface area contributed by atoms with Crippen LogP contribution < -0.4 is 0 Å². The van der Waals surface area contributed by atoms with E-state index in [0.717, 1.165) is 17.8 Å². The summed E-state index contributed by atoms with van der Waals surface area (Å²) >= 11 is 0. The Hall–Kier alpha value is -0.0400. The number of fused-ring (bicyclic) bond motifs is 1. The first-order chi connectivity index (χ1) is 7.33. The molecule has 0 amide bonds. The summed E-state index contributed by atoms with van der Waals surface area (Å²) in [6.07, 6.45) is 5.56. The smallest absolute Gasteiger partial charge is 0.0487 e. The van der Waals surface area contributed by atoms with Gasteiger partial charge in [-0.05, 0) is 59.7 Å². The highest BCUT2D eigenvalue weighted by Gasteiger charge is 2.68. The van der Waals surface area contributed by atoms with E-state index >= 15 is 0 Å². The van der Waals surface area contributed by atoms with Crippen molar-refractivity contribution in [3.05, 3.63) is 0 Å². The lowest BCUT2D eigenvalue weighted by Gasteiger charge is -2.36. The van der Waals surface area contributed by atoms with Crippen LogP contribution in [0.25, 0.3) is 0 Å². The molecule has 5 atom stereocenters. The first-order valence-corrected chi connectivity index (χ1v) is 6.94. The van der Waals surface area contributed by atoms with Gasteiger partial charge in [-0.2, -0.15) is 0 Å². The van der Waals surface area contributed by atoms with Gasteiger partial charge in [0.05, 0.1) is 0 Å². The van der Waals surface area contributed by atoms with Gasteiger partial charge in [-0.15, -0.1) is 0 Å². The Bertz CT molecular complexity index is 321. The Morgan fingerprint density at radius 2 is 1.75 bits per heavy atom. The highest BCUT2D eigenvalue weighted by molar-refractivity contribution is 5.16.